The number of carbonyl (C=O) groups is 4. The molecule has 3 aliphatic heterocycles. The van der Waals surface area contributed by atoms with Gasteiger partial charge in [-0.25, -0.2) is 4.68 Å². The third-order valence-corrected chi connectivity index (χ3v) is 7.72. The first-order valence-corrected chi connectivity index (χ1v) is 12.0. The summed E-state index contributed by atoms with van der Waals surface area (Å²) in [5.74, 6) is -0.699. The highest BCUT2D eigenvalue weighted by atomic mass is 16.5. The minimum absolute atomic E-state index is 0.137. The number of nitrogens with zero attached hydrogens (tertiary/aromatic N) is 5. The lowest BCUT2D eigenvalue weighted by Crippen LogP contribution is -2.52. The molecule has 35 heavy (non-hydrogen) atoms. The summed E-state index contributed by atoms with van der Waals surface area (Å²) in [6, 6.07) is 4.84. The topological polar surface area (TPSA) is 127 Å². The van der Waals surface area contributed by atoms with Crippen molar-refractivity contribution in [1.82, 2.24) is 30.1 Å². The second-order valence-corrected chi connectivity index (χ2v) is 9.83. The van der Waals surface area contributed by atoms with Crippen LogP contribution in [0.2, 0.25) is 0 Å². The molecule has 11 heteroatoms. The predicted octanol–water partition coefficient (Wildman–Crippen LogP) is 0.668. The molecule has 1 saturated carbocycles. The van der Waals surface area contributed by atoms with E-state index in [0.717, 1.165) is 24.8 Å². The van der Waals surface area contributed by atoms with Gasteiger partial charge in [0, 0.05) is 38.2 Å². The van der Waals surface area contributed by atoms with Crippen LogP contribution in [0.25, 0.3) is 5.69 Å². The highest BCUT2D eigenvalue weighted by Gasteiger charge is 2.43. The van der Waals surface area contributed by atoms with Crippen LogP contribution in [0.15, 0.2) is 24.4 Å². The van der Waals surface area contributed by atoms with E-state index in [4.69, 9.17) is 4.74 Å². The molecular formula is C24H26N6O5. The van der Waals surface area contributed by atoms with E-state index < -0.39 is 11.9 Å². The Bertz CT molecular complexity index is 1240. The molecule has 3 fully saturated rings. The number of hydrogen-bond acceptors (Lipinski definition) is 7. The largest absolute Gasteiger partial charge is 0.381 e. The van der Waals surface area contributed by atoms with E-state index in [0.29, 0.717) is 36.7 Å². The van der Waals surface area contributed by atoms with Crippen molar-refractivity contribution in [2.24, 2.45) is 5.92 Å². The van der Waals surface area contributed by atoms with Crippen molar-refractivity contribution in [3.63, 3.8) is 0 Å². The molecule has 1 unspecified atom stereocenters. The fraction of sp³-hybridized carbons (Fsp3) is 0.500. The van der Waals surface area contributed by atoms with Gasteiger partial charge in [-0.3, -0.25) is 24.5 Å². The fourth-order valence-electron chi connectivity index (χ4n) is 5.94. The number of amides is 4. The summed E-state index contributed by atoms with van der Waals surface area (Å²) in [4.78, 5) is 53.4. The van der Waals surface area contributed by atoms with Gasteiger partial charge in [0.15, 0.2) is 5.69 Å². The summed E-state index contributed by atoms with van der Waals surface area (Å²) < 4.78 is 7.03. The molecule has 1 aromatic carbocycles. The zero-order valence-electron chi connectivity index (χ0n) is 19.3. The molecule has 182 valence electrons. The van der Waals surface area contributed by atoms with Crippen molar-refractivity contribution >= 4 is 23.6 Å². The number of aromatic nitrogens is 3. The van der Waals surface area contributed by atoms with Crippen LogP contribution in [-0.4, -0.2) is 80.3 Å². The lowest BCUT2D eigenvalue weighted by molar-refractivity contribution is -0.136. The molecule has 0 radical (unpaired) electrons. The number of rotatable bonds is 4. The number of piperidine rings is 1. The number of carbonyl (C=O) groups excluding carboxylic acids is 4. The quantitative estimate of drug-likeness (QED) is 0.640. The Morgan fingerprint density at radius 3 is 2.83 bits per heavy atom. The monoisotopic (exact) mass is 478 g/mol. The average molecular weight is 479 g/mol. The van der Waals surface area contributed by atoms with Crippen molar-refractivity contribution in [3.05, 3.63) is 41.2 Å². The Hall–Kier alpha value is -3.60. The lowest BCUT2D eigenvalue weighted by Gasteiger charge is -2.29. The zero-order valence-corrected chi connectivity index (χ0v) is 19.3. The van der Waals surface area contributed by atoms with Gasteiger partial charge >= 0.3 is 0 Å². The number of ether oxygens (including phenoxy) is 1. The van der Waals surface area contributed by atoms with Crippen molar-refractivity contribution in [1.29, 1.82) is 0 Å². The van der Waals surface area contributed by atoms with E-state index >= 15 is 0 Å². The minimum atomic E-state index is -0.663. The second kappa shape index (κ2) is 8.26. The van der Waals surface area contributed by atoms with Crippen LogP contribution in [0, 0.1) is 5.92 Å². The molecule has 2 bridgehead atoms. The second-order valence-electron chi connectivity index (χ2n) is 9.83. The summed E-state index contributed by atoms with van der Waals surface area (Å²) in [6.45, 7) is 1.02. The van der Waals surface area contributed by atoms with Gasteiger partial charge in [0.1, 0.15) is 6.04 Å². The Morgan fingerprint density at radius 1 is 1.17 bits per heavy atom. The molecular weight excluding hydrogens is 452 g/mol. The van der Waals surface area contributed by atoms with Crippen molar-refractivity contribution in [3.8, 4) is 5.69 Å². The number of fused-ring (bicyclic) bond motifs is 3. The maximum absolute atomic E-state index is 13.2. The molecule has 2 aromatic rings. The van der Waals surface area contributed by atoms with Gasteiger partial charge < -0.3 is 14.5 Å². The average Bonchev–Trinajstić information content (AvgIpc) is 3.55. The zero-order chi connectivity index (χ0) is 24.3. The van der Waals surface area contributed by atoms with Crippen LogP contribution in [-0.2, 0) is 20.9 Å². The SMILES string of the molecule is CO[C@@H]1C[C@@H]2C[C@H](C1)N(C(=O)c1cn(-c3ccc4c(c3)C(=O)N(C3CCC(=O)NC3=O)C4)nn1)C2. The third-order valence-electron chi connectivity index (χ3n) is 7.72. The van der Waals surface area contributed by atoms with Crippen LogP contribution in [0.3, 0.4) is 0 Å². The fourth-order valence-corrected chi connectivity index (χ4v) is 5.94. The van der Waals surface area contributed by atoms with Crippen LogP contribution in [0.1, 0.15) is 58.5 Å². The first-order valence-electron chi connectivity index (χ1n) is 12.0. The van der Waals surface area contributed by atoms with Gasteiger partial charge in [-0.15, -0.1) is 5.10 Å². The van der Waals surface area contributed by atoms with E-state index in [-0.39, 0.29) is 42.0 Å². The highest BCUT2D eigenvalue weighted by Crippen LogP contribution is 2.37. The standard InChI is InChI=1S/C24H26N6O5/c1-35-17-7-13-6-16(8-17)28(10-13)24(34)19-12-30(27-26-19)15-3-2-14-11-29(23(33)18(14)9-15)20-4-5-21(31)25-22(20)32/h2-3,9,12-13,16-17,20H,4-8,10-11H2,1H3,(H,25,31,32)/t13-,16+,17+,20?/m0/s1. The summed E-state index contributed by atoms with van der Waals surface area (Å²) in [5.41, 5.74) is 2.16. The van der Waals surface area contributed by atoms with Crippen molar-refractivity contribution in [2.45, 2.75) is 56.8 Å². The summed E-state index contributed by atoms with van der Waals surface area (Å²) in [6.07, 6.45) is 5.12. The number of benzene rings is 1. The Balaban J connectivity index is 1.19. The van der Waals surface area contributed by atoms with E-state index in [1.807, 2.05) is 17.0 Å². The third kappa shape index (κ3) is 3.70. The molecule has 4 heterocycles. The molecule has 1 aliphatic carbocycles. The maximum Gasteiger partial charge on any atom is 0.276 e. The molecule has 4 atom stereocenters. The van der Waals surface area contributed by atoms with E-state index in [1.54, 1.807) is 19.4 Å². The number of methoxy groups -OCH3 is 1. The predicted molar refractivity (Wildman–Crippen MR) is 120 cm³/mol. The lowest BCUT2D eigenvalue weighted by atomic mass is 9.88. The van der Waals surface area contributed by atoms with Crippen LogP contribution in [0.5, 0.6) is 0 Å². The molecule has 6 rings (SSSR count). The molecule has 4 amide bonds. The molecule has 11 nitrogen and oxygen atoms in total. The van der Waals surface area contributed by atoms with Gasteiger partial charge in [-0.2, -0.15) is 0 Å². The van der Waals surface area contributed by atoms with Gasteiger partial charge in [0.25, 0.3) is 11.8 Å². The molecule has 1 N–H and O–H groups in total. The van der Waals surface area contributed by atoms with Crippen LogP contribution >= 0.6 is 0 Å². The molecule has 0 spiro atoms. The van der Waals surface area contributed by atoms with Gasteiger partial charge in [0.05, 0.1) is 18.0 Å². The van der Waals surface area contributed by atoms with Gasteiger partial charge in [0.2, 0.25) is 11.8 Å². The number of nitrogens with one attached hydrogen (secondary N) is 1. The summed E-state index contributed by atoms with van der Waals surface area (Å²) >= 11 is 0. The van der Waals surface area contributed by atoms with Crippen molar-refractivity contribution < 1.29 is 23.9 Å². The summed E-state index contributed by atoms with van der Waals surface area (Å²) in [5, 5.41) is 10.6. The van der Waals surface area contributed by atoms with E-state index in [9.17, 15) is 19.2 Å². The Labute approximate surface area is 201 Å². The smallest absolute Gasteiger partial charge is 0.276 e. The first kappa shape index (κ1) is 21.9. The Morgan fingerprint density at radius 2 is 2.03 bits per heavy atom. The number of likely N-dealkylation sites (tertiary alicyclic amines) is 1. The molecule has 2 saturated heterocycles. The van der Waals surface area contributed by atoms with E-state index in [2.05, 4.69) is 15.6 Å². The highest BCUT2D eigenvalue weighted by molar-refractivity contribution is 6.05. The van der Waals surface area contributed by atoms with E-state index in [1.165, 1.54) is 9.58 Å². The molecule has 1 aromatic heterocycles. The van der Waals surface area contributed by atoms with Gasteiger partial charge in [-0.1, -0.05) is 11.3 Å². The van der Waals surface area contributed by atoms with Gasteiger partial charge in [-0.05, 0) is 49.3 Å². The van der Waals surface area contributed by atoms with Crippen LogP contribution < -0.4 is 5.32 Å². The summed E-state index contributed by atoms with van der Waals surface area (Å²) in [7, 11) is 1.72. The normalized spacial score (nSPS) is 27.9. The van der Waals surface area contributed by atoms with Crippen LogP contribution in [0.4, 0.5) is 0 Å². The number of hydrogen-bond donors (Lipinski definition) is 1. The number of imide groups is 1. The van der Waals surface area contributed by atoms with Crippen molar-refractivity contribution in [2.75, 3.05) is 13.7 Å². The first-order chi connectivity index (χ1) is 16.9. The minimum Gasteiger partial charge on any atom is -0.381 e. The Kier molecular flexibility index (Phi) is 5.17. The molecule has 4 aliphatic rings. The maximum atomic E-state index is 13.2.